The van der Waals surface area contributed by atoms with Gasteiger partial charge in [-0.15, -0.1) is 0 Å². The standard InChI is InChI=1S/C40H64N8O4/c1-8-41-19-15-25-47-37(49)29-27-32(43-21-17-23-45(11-4)12-5)36-34-30(38(50)48(40(36)52)26-18-24-46(13-6)14-7)28-31(35(33(29)34)39(47)51)42-20-16-22-44(9-2)10-3/h27-28,41-42,50H,8-26H2,1-7H3. The van der Waals surface area contributed by atoms with Gasteiger partial charge in [-0.25, -0.2) is 0 Å². The fourth-order valence-corrected chi connectivity index (χ4v) is 7.46. The quantitative estimate of drug-likeness (QED) is 0.0731. The van der Waals surface area contributed by atoms with Gasteiger partial charge in [-0.2, -0.15) is 0 Å². The highest BCUT2D eigenvalue weighted by Crippen LogP contribution is 2.40. The molecule has 52 heavy (non-hydrogen) atoms. The third-order valence-electron chi connectivity index (χ3n) is 10.7. The van der Waals surface area contributed by atoms with Gasteiger partial charge in [0.2, 0.25) is 5.88 Å². The van der Waals surface area contributed by atoms with Gasteiger partial charge in [0, 0.05) is 48.2 Å². The first kappa shape index (κ1) is 41.2. The van der Waals surface area contributed by atoms with E-state index < -0.39 is 5.56 Å². The van der Waals surface area contributed by atoms with Crippen LogP contribution in [0.4, 0.5) is 5.69 Å². The fourth-order valence-electron chi connectivity index (χ4n) is 7.46. The summed E-state index contributed by atoms with van der Waals surface area (Å²) in [6.07, 6.45) is 2.94. The lowest BCUT2D eigenvalue weighted by Gasteiger charge is -2.23. The largest absolute Gasteiger partial charge is 0.494 e. The Labute approximate surface area is 309 Å². The van der Waals surface area contributed by atoms with Crippen molar-refractivity contribution in [3.8, 4) is 17.0 Å². The molecule has 2 heterocycles. The maximum Gasteiger partial charge on any atom is 0.263 e. The van der Waals surface area contributed by atoms with Crippen molar-refractivity contribution in [1.29, 1.82) is 0 Å². The van der Waals surface area contributed by atoms with Crippen LogP contribution in [0.25, 0.3) is 32.7 Å². The molecule has 0 atom stereocenters. The summed E-state index contributed by atoms with van der Waals surface area (Å²) in [5.41, 5.74) is 0.228. The third kappa shape index (κ3) is 9.13. The number of aromatic nitrogens is 2. The van der Waals surface area contributed by atoms with E-state index in [9.17, 15) is 19.5 Å². The van der Waals surface area contributed by atoms with E-state index in [-0.39, 0.29) is 23.5 Å². The second-order valence-electron chi connectivity index (χ2n) is 13.6. The van der Waals surface area contributed by atoms with Crippen molar-refractivity contribution in [3.05, 3.63) is 48.6 Å². The van der Waals surface area contributed by atoms with Crippen LogP contribution in [-0.4, -0.2) is 114 Å². The Morgan fingerprint density at radius 1 is 0.654 bits per heavy atom. The molecule has 1 aromatic heterocycles. The molecule has 4 rings (SSSR count). The SMILES string of the molecule is CCNCCCn1c(=O)c2cc(=NCCCN(CC)CC)c3c(=O)n(CCCN(CC)CC)c(O)c4cc(NCCCN(CC)CC)c(c-2c43)c1=O. The van der Waals surface area contributed by atoms with Crippen molar-refractivity contribution in [2.45, 2.75) is 87.2 Å². The van der Waals surface area contributed by atoms with Crippen molar-refractivity contribution in [2.24, 2.45) is 4.99 Å². The van der Waals surface area contributed by atoms with Crippen molar-refractivity contribution < 1.29 is 5.11 Å². The molecule has 1 aromatic carbocycles. The lowest BCUT2D eigenvalue weighted by molar-refractivity contribution is 0.289. The average Bonchev–Trinajstić information content (AvgIpc) is 3.15. The number of pyridine rings is 2. The zero-order chi connectivity index (χ0) is 37.8. The first-order chi connectivity index (χ1) is 25.2. The summed E-state index contributed by atoms with van der Waals surface area (Å²) in [7, 11) is 0. The van der Waals surface area contributed by atoms with E-state index >= 15 is 0 Å². The van der Waals surface area contributed by atoms with Crippen LogP contribution in [0.2, 0.25) is 0 Å². The lowest BCUT2D eigenvalue weighted by atomic mass is 9.89. The second-order valence-corrected chi connectivity index (χ2v) is 13.6. The predicted octanol–water partition coefficient (Wildman–Crippen LogP) is 3.87. The lowest BCUT2D eigenvalue weighted by Crippen LogP contribution is -2.38. The molecule has 3 N–H and O–H groups in total. The van der Waals surface area contributed by atoms with Gasteiger partial charge in [-0.1, -0.05) is 48.5 Å². The second kappa shape index (κ2) is 20.0. The Kier molecular flexibility index (Phi) is 15.9. The predicted molar refractivity (Wildman–Crippen MR) is 216 cm³/mol. The maximum atomic E-state index is 14.5. The topological polar surface area (TPSA) is 127 Å². The first-order valence-electron chi connectivity index (χ1n) is 19.9. The number of anilines is 1. The molecule has 1 aliphatic heterocycles. The molecule has 288 valence electrons. The highest BCUT2D eigenvalue weighted by atomic mass is 16.3. The van der Waals surface area contributed by atoms with Crippen LogP contribution in [0.3, 0.4) is 0 Å². The van der Waals surface area contributed by atoms with Crippen LogP contribution in [0.1, 0.15) is 74.1 Å². The van der Waals surface area contributed by atoms with Crippen molar-refractivity contribution in [2.75, 3.05) is 90.4 Å². The normalized spacial score (nSPS) is 12.7. The number of hydrogen-bond acceptors (Lipinski definition) is 10. The third-order valence-corrected chi connectivity index (χ3v) is 10.7. The van der Waals surface area contributed by atoms with E-state index in [1.807, 2.05) is 13.0 Å². The molecule has 12 nitrogen and oxygen atoms in total. The Morgan fingerprint density at radius 2 is 1.23 bits per heavy atom. The highest BCUT2D eigenvalue weighted by Gasteiger charge is 2.29. The summed E-state index contributed by atoms with van der Waals surface area (Å²) < 4.78 is 2.80. The molecule has 0 saturated heterocycles. The van der Waals surface area contributed by atoms with Crippen molar-refractivity contribution in [3.63, 3.8) is 0 Å². The monoisotopic (exact) mass is 721 g/mol. The van der Waals surface area contributed by atoms with E-state index in [2.05, 4.69) is 66.9 Å². The number of rotatable bonds is 24. The number of aromatic hydroxyl groups is 1. The van der Waals surface area contributed by atoms with Crippen LogP contribution in [0.5, 0.6) is 5.88 Å². The summed E-state index contributed by atoms with van der Waals surface area (Å²) in [5, 5.41) is 20.8. The molecule has 0 unspecified atom stereocenters. The minimum absolute atomic E-state index is 0.146. The van der Waals surface area contributed by atoms with E-state index in [0.717, 1.165) is 78.3 Å². The summed E-state index contributed by atoms with van der Waals surface area (Å²) >= 11 is 0. The Morgan fingerprint density at radius 3 is 1.85 bits per heavy atom. The molecule has 0 bridgehead atoms. The molecular formula is C40H64N8O4. The van der Waals surface area contributed by atoms with Gasteiger partial charge in [-0.05, 0) is 110 Å². The molecule has 0 spiro atoms. The summed E-state index contributed by atoms with van der Waals surface area (Å²) in [4.78, 5) is 55.2. The number of nitrogens with zero attached hydrogens (tertiary/aromatic N) is 6. The van der Waals surface area contributed by atoms with Crippen molar-refractivity contribution in [1.82, 2.24) is 29.2 Å². The summed E-state index contributed by atoms with van der Waals surface area (Å²) in [5.74, 6) is -0.146. The Hall–Kier alpha value is -3.58. The van der Waals surface area contributed by atoms with Gasteiger partial charge in [0.05, 0.1) is 21.7 Å². The molecule has 12 heteroatoms. The van der Waals surface area contributed by atoms with Crippen LogP contribution in [0, 0.1) is 0 Å². The molecule has 2 aromatic rings. The van der Waals surface area contributed by atoms with Crippen LogP contribution in [-0.2, 0) is 13.1 Å². The highest BCUT2D eigenvalue weighted by molar-refractivity contribution is 6.18. The summed E-state index contributed by atoms with van der Waals surface area (Å²) in [6.45, 7) is 26.2. The molecule has 0 radical (unpaired) electrons. The average molecular weight is 721 g/mol. The molecule has 0 amide bonds. The van der Waals surface area contributed by atoms with E-state index in [0.29, 0.717) is 82.7 Å². The maximum absolute atomic E-state index is 14.5. The van der Waals surface area contributed by atoms with Gasteiger partial charge in [0.1, 0.15) is 0 Å². The molecule has 2 aliphatic rings. The van der Waals surface area contributed by atoms with Crippen LogP contribution < -0.4 is 32.7 Å². The minimum Gasteiger partial charge on any atom is -0.494 e. The molecule has 0 fully saturated rings. The first-order valence-corrected chi connectivity index (χ1v) is 19.9. The van der Waals surface area contributed by atoms with Crippen LogP contribution in [0.15, 0.2) is 31.5 Å². The summed E-state index contributed by atoms with van der Waals surface area (Å²) in [6, 6.07) is 3.54. The van der Waals surface area contributed by atoms with Crippen LogP contribution >= 0.6 is 0 Å². The zero-order valence-electron chi connectivity index (χ0n) is 32.9. The minimum atomic E-state index is -0.390. The van der Waals surface area contributed by atoms with Gasteiger partial charge in [-0.3, -0.25) is 28.5 Å². The smallest absolute Gasteiger partial charge is 0.263 e. The van der Waals surface area contributed by atoms with Gasteiger partial charge in [0.25, 0.3) is 16.7 Å². The zero-order valence-corrected chi connectivity index (χ0v) is 32.9. The van der Waals surface area contributed by atoms with E-state index in [1.54, 1.807) is 6.07 Å². The van der Waals surface area contributed by atoms with E-state index in [4.69, 9.17) is 4.99 Å². The fraction of sp³-hybridized carbons (Fsp3) is 0.650. The van der Waals surface area contributed by atoms with E-state index in [1.165, 1.54) is 9.13 Å². The Balaban J connectivity index is 2.00. The number of nitrogens with one attached hydrogen (secondary N) is 2. The van der Waals surface area contributed by atoms with Crippen molar-refractivity contribution >= 4 is 27.2 Å². The van der Waals surface area contributed by atoms with Gasteiger partial charge in [0.15, 0.2) is 0 Å². The van der Waals surface area contributed by atoms with Gasteiger partial charge < -0.3 is 30.4 Å². The molecular weight excluding hydrogens is 656 g/mol. The van der Waals surface area contributed by atoms with Gasteiger partial charge >= 0.3 is 0 Å². The Bertz CT molecular complexity index is 1910. The molecule has 0 saturated carbocycles. The number of hydrogen-bond donors (Lipinski definition) is 3. The number of benzene rings is 2. The molecule has 1 aliphatic carbocycles.